The van der Waals surface area contributed by atoms with Crippen molar-refractivity contribution in [3.8, 4) is 0 Å². The Kier molecular flexibility index (Phi) is 4.33. The van der Waals surface area contributed by atoms with Crippen LogP contribution in [0.2, 0.25) is 0 Å². The van der Waals surface area contributed by atoms with E-state index in [0.29, 0.717) is 0 Å². The SMILES string of the molecule is CN(C)c1ccc(Cc2nccn2Cc2ccccc2N)cc1. The highest BCUT2D eigenvalue weighted by Gasteiger charge is 2.07. The molecule has 4 nitrogen and oxygen atoms in total. The molecule has 118 valence electrons. The average molecular weight is 306 g/mol. The van der Waals surface area contributed by atoms with Crippen LogP contribution in [-0.2, 0) is 13.0 Å². The van der Waals surface area contributed by atoms with Crippen LogP contribution in [0.15, 0.2) is 60.9 Å². The summed E-state index contributed by atoms with van der Waals surface area (Å²) in [6, 6.07) is 16.6. The highest BCUT2D eigenvalue weighted by atomic mass is 15.1. The Balaban J connectivity index is 1.77. The molecule has 3 aromatic rings. The van der Waals surface area contributed by atoms with Gasteiger partial charge in [-0.3, -0.25) is 0 Å². The Morgan fingerprint density at radius 1 is 1.04 bits per heavy atom. The zero-order valence-corrected chi connectivity index (χ0v) is 13.6. The lowest BCUT2D eigenvalue weighted by molar-refractivity contribution is 0.742. The van der Waals surface area contributed by atoms with Gasteiger partial charge in [-0.05, 0) is 29.3 Å². The summed E-state index contributed by atoms with van der Waals surface area (Å²) < 4.78 is 2.16. The van der Waals surface area contributed by atoms with Gasteiger partial charge in [0.15, 0.2) is 0 Å². The molecule has 3 rings (SSSR count). The number of para-hydroxylation sites is 1. The molecule has 0 radical (unpaired) electrons. The fourth-order valence-electron chi connectivity index (χ4n) is 2.61. The average Bonchev–Trinajstić information content (AvgIpc) is 2.97. The van der Waals surface area contributed by atoms with Crippen LogP contribution in [0.3, 0.4) is 0 Å². The van der Waals surface area contributed by atoms with Gasteiger partial charge in [0, 0.05) is 44.3 Å². The number of aromatic nitrogens is 2. The fraction of sp³-hybridized carbons (Fsp3) is 0.211. The van der Waals surface area contributed by atoms with Crippen molar-refractivity contribution in [2.45, 2.75) is 13.0 Å². The quantitative estimate of drug-likeness (QED) is 0.737. The molecular weight excluding hydrogens is 284 g/mol. The number of hydrogen-bond acceptors (Lipinski definition) is 3. The lowest BCUT2D eigenvalue weighted by atomic mass is 10.1. The van der Waals surface area contributed by atoms with E-state index in [2.05, 4.69) is 44.8 Å². The van der Waals surface area contributed by atoms with Crippen molar-refractivity contribution < 1.29 is 0 Å². The van der Waals surface area contributed by atoms with E-state index in [-0.39, 0.29) is 0 Å². The lowest BCUT2D eigenvalue weighted by Crippen LogP contribution is -2.09. The zero-order chi connectivity index (χ0) is 16.2. The molecule has 0 saturated heterocycles. The summed E-state index contributed by atoms with van der Waals surface area (Å²) in [6.45, 7) is 0.748. The van der Waals surface area contributed by atoms with Crippen molar-refractivity contribution in [1.29, 1.82) is 0 Å². The van der Waals surface area contributed by atoms with Crippen molar-refractivity contribution in [1.82, 2.24) is 9.55 Å². The monoisotopic (exact) mass is 306 g/mol. The predicted octanol–water partition coefficient (Wildman–Crippen LogP) is 3.17. The van der Waals surface area contributed by atoms with Gasteiger partial charge in [-0.25, -0.2) is 4.98 Å². The van der Waals surface area contributed by atoms with Crippen molar-refractivity contribution >= 4 is 11.4 Å². The first-order valence-corrected chi connectivity index (χ1v) is 7.73. The molecule has 0 amide bonds. The number of nitrogens with two attached hydrogens (primary N) is 1. The second-order valence-electron chi connectivity index (χ2n) is 5.91. The van der Waals surface area contributed by atoms with E-state index < -0.39 is 0 Å². The molecule has 0 aliphatic rings. The summed E-state index contributed by atoms with van der Waals surface area (Å²) in [5.74, 6) is 1.05. The molecule has 2 N–H and O–H groups in total. The third kappa shape index (κ3) is 3.54. The van der Waals surface area contributed by atoms with Crippen LogP contribution in [0.25, 0.3) is 0 Å². The van der Waals surface area contributed by atoms with Crippen molar-refractivity contribution in [3.05, 3.63) is 77.9 Å². The molecule has 0 aliphatic carbocycles. The molecule has 0 bridgehead atoms. The molecule has 0 atom stereocenters. The Labute approximate surface area is 137 Å². The lowest BCUT2D eigenvalue weighted by Gasteiger charge is -2.13. The topological polar surface area (TPSA) is 47.1 Å². The van der Waals surface area contributed by atoms with Crippen LogP contribution in [-0.4, -0.2) is 23.6 Å². The minimum atomic E-state index is 0.748. The third-order valence-corrected chi connectivity index (χ3v) is 4.01. The number of hydrogen-bond donors (Lipinski definition) is 1. The first kappa shape index (κ1) is 15.2. The Hall–Kier alpha value is -2.75. The van der Waals surface area contributed by atoms with Crippen molar-refractivity contribution in [2.24, 2.45) is 0 Å². The minimum Gasteiger partial charge on any atom is -0.398 e. The van der Waals surface area contributed by atoms with Crippen molar-refractivity contribution in [2.75, 3.05) is 24.7 Å². The summed E-state index contributed by atoms with van der Waals surface area (Å²) >= 11 is 0. The summed E-state index contributed by atoms with van der Waals surface area (Å²) in [4.78, 5) is 6.61. The Morgan fingerprint density at radius 3 is 2.48 bits per heavy atom. The van der Waals surface area contributed by atoms with Crippen LogP contribution in [0.5, 0.6) is 0 Å². The summed E-state index contributed by atoms with van der Waals surface area (Å²) in [5, 5.41) is 0. The standard InChI is InChI=1S/C19H22N4/c1-22(2)17-9-7-15(8-10-17)13-19-21-11-12-23(19)14-16-5-3-4-6-18(16)20/h3-12H,13-14,20H2,1-2H3. The first-order valence-electron chi connectivity index (χ1n) is 7.73. The molecule has 0 unspecified atom stereocenters. The number of rotatable bonds is 5. The highest BCUT2D eigenvalue weighted by molar-refractivity contribution is 5.47. The van der Waals surface area contributed by atoms with E-state index in [0.717, 1.165) is 30.0 Å². The van der Waals surface area contributed by atoms with E-state index in [1.807, 2.05) is 44.7 Å². The largest absolute Gasteiger partial charge is 0.398 e. The number of benzene rings is 2. The summed E-state index contributed by atoms with van der Waals surface area (Å²) in [6.07, 6.45) is 4.67. The van der Waals surface area contributed by atoms with Crippen LogP contribution in [0.4, 0.5) is 11.4 Å². The molecule has 2 aromatic carbocycles. The highest BCUT2D eigenvalue weighted by Crippen LogP contribution is 2.17. The normalized spacial score (nSPS) is 10.7. The number of imidazole rings is 1. The molecule has 0 spiro atoms. The zero-order valence-electron chi connectivity index (χ0n) is 13.6. The van der Waals surface area contributed by atoms with Crippen LogP contribution in [0, 0.1) is 0 Å². The van der Waals surface area contributed by atoms with Gasteiger partial charge in [0.05, 0.1) is 6.54 Å². The predicted molar refractivity (Wildman–Crippen MR) is 95.8 cm³/mol. The molecule has 1 heterocycles. The molecule has 4 heteroatoms. The molecule has 0 fully saturated rings. The third-order valence-electron chi connectivity index (χ3n) is 4.01. The van der Waals surface area contributed by atoms with Gasteiger partial charge in [0.25, 0.3) is 0 Å². The van der Waals surface area contributed by atoms with Gasteiger partial charge in [0.1, 0.15) is 5.82 Å². The van der Waals surface area contributed by atoms with Gasteiger partial charge >= 0.3 is 0 Å². The van der Waals surface area contributed by atoms with E-state index >= 15 is 0 Å². The minimum absolute atomic E-state index is 0.748. The van der Waals surface area contributed by atoms with Gasteiger partial charge in [-0.1, -0.05) is 30.3 Å². The molecule has 1 aromatic heterocycles. The van der Waals surface area contributed by atoms with Crippen LogP contribution >= 0.6 is 0 Å². The van der Waals surface area contributed by atoms with Crippen LogP contribution in [0.1, 0.15) is 17.0 Å². The number of nitrogen functional groups attached to an aromatic ring is 1. The molecule has 0 saturated carbocycles. The first-order chi connectivity index (χ1) is 11.1. The second kappa shape index (κ2) is 6.57. The van der Waals surface area contributed by atoms with E-state index in [1.54, 1.807) is 0 Å². The van der Waals surface area contributed by atoms with E-state index in [4.69, 9.17) is 5.73 Å². The number of anilines is 2. The summed E-state index contributed by atoms with van der Waals surface area (Å²) in [5.41, 5.74) is 10.4. The second-order valence-corrected chi connectivity index (χ2v) is 5.91. The van der Waals surface area contributed by atoms with Gasteiger partial charge < -0.3 is 15.2 Å². The van der Waals surface area contributed by atoms with E-state index in [9.17, 15) is 0 Å². The van der Waals surface area contributed by atoms with Crippen molar-refractivity contribution in [3.63, 3.8) is 0 Å². The fourth-order valence-corrected chi connectivity index (χ4v) is 2.61. The summed E-state index contributed by atoms with van der Waals surface area (Å²) in [7, 11) is 4.10. The van der Waals surface area contributed by atoms with Crippen LogP contribution < -0.4 is 10.6 Å². The Morgan fingerprint density at radius 2 is 1.78 bits per heavy atom. The van der Waals surface area contributed by atoms with Gasteiger partial charge in [-0.2, -0.15) is 0 Å². The smallest absolute Gasteiger partial charge is 0.113 e. The molecule has 23 heavy (non-hydrogen) atoms. The van der Waals surface area contributed by atoms with Gasteiger partial charge in [0.2, 0.25) is 0 Å². The molecular formula is C19H22N4. The Bertz CT molecular complexity index is 772. The maximum absolute atomic E-state index is 6.05. The van der Waals surface area contributed by atoms with E-state index in [1.165, 1.54) is 11.3 Å². The number of nitrogens with zero attached hydrogens (tertiary/aromatic N) is 3. The van der Waals surface area contributed by atoms with Gasteiger partial charge in [-0.15, -0.1) is 0 Å². The maximum Gasteiger partial charge on any atom is 0.113 e. The maximum atomic E-state index is 6.05. The molecule has 0 aliphatic heterocycles.